The molecule has 0 aliphatic heterocycles. The van der Waals surface area contributed by atoms with Crippen molar-refractivity contribution in [1.82, 2.24) is 5.32 Å². The van der Waals surface area contributed by atoms with Crippen molar-refractivity contribution in [2.45, 2.75) is 25.8 Å². The number of hydrogen-bond acceptors (Lipinski definition) is 2. The Balaban J connectivity index is 1.68. The molecule has 3 rings (SSSR count). The normalized spacial score (nSPS) is 13.3. The molecule has 1 amide bonds. The van der Waals surface area contributed by atoms with E-state index in [9.17, 15) is 9.18 Å². The highest BCUT2D eigenvalue weighted by atomic mass is 79.9. The van der Waals surface area contributed by atoms with E-state index in [0.717, 1.165) is 17.7 Å². The fraction of sp³-hybridized carbons (Fsp3) is 0.267. The molecule has 20 heavy (non-hydrogen) atoms. The molecule has 5 heteroatoms. The molecule has 0 spiro atoms. The van der Waals surface area contributed by atoms with Gasteiger partial charge in [0.25, 0.3) is 5.91 Å². The van der Waals surface area contributed by atoms with Crippen molar-refractivity contribution in [2.75, 3.05) is 0 Å². The third kappa shape index (κ3) is 2.79. The van der Waals surface area contributed by atoms with Crippen molar-refractivity contribution in [1.29, 1.82) is 0 Å². The van der Waals surface area contributed by atoms with E-state index in [1.54, 1.807) is 17.4 Å². The summed E-state index contributed by atoms with van der Waals surface area (Å²) in [7, 11) is 0. The van der Waals surface area contributed by atoms with Crippen LogP contribution in [0.5, 0.6) is 0 Å². The monoisotopic (exact) mass is 353 g/mol. The zero-order valence-electron chi connectivity index (χ0n) is 10.7. The molecule has 1 aliphatic rings. The van der Waals surface area contributed by atoms with Crippen molar-refractivity contribution in [3.8, 4) is 0 Å². The van der Waals surface area contributed by atoms with Gasteiger partial charge in [0.2, 0.25) is 0 Å². The summed E-state index contributed by atoms with van der Waals surface area (Å²) < 4.78 is 13.8. The van der Waals surface area contributed by atoms with E-state index in [1.807, 2.05) is 0 Å². The van der Waals surface area contributed by atoms with Crippen molar-refractivity contribution < 1.29 is 9.18 Å². The van der Waals surface area contributed by atoms with Gasteiger partial charge in [-0.1, -0.05) is 0 Å². The molecule has 1 aliphatic carbocycles. The number of carbonyl (C=O) groups is 1. The summed E-state index contributed by atoms with van der Waals surface area (Å²) in [5, 5.41) is 2.85. The number of thiophene rings is 1. The molecule has 104 valence electrons. The summed E-state index contributed by atoms with van der Waals surface area (Å²) in [6.45, 7) is 0.499. The smallest absolute Gasteiger partial charge is 0.252 e. The highest BCUT2D eigenvalue weighted by molar-refractivity contribution is 9.10. The Morgan fingerprint density at radius 2 is 2.20 bits per heavy atom. The molecule has 2 nitrogen and oxygen atoms in total. The van der Waals surface area contributed by atoms with Gasteiger partial charge in [-0.25, -0.2) is 4.39 Å². The Morgan fingerprint density at radius 3 is 3.00 bits per heavy atom. The van der Waals surface area contributed by atoms with E-state index in [0.29, 0.717) is 16.6 Å². The highest BCUT2D eigenvalue weighted by Gasteiger charge is 2.16. The molecule has 0 saturated carbocycles. The van der Waals surface area contributed by atoms with E-state index >= 15 is 0 Å². The molecular formula is C15H13BrFNOS. The quantitative estimate of drug-likeness (QED) is 0.885. The molecular weight excluding hydrogens is 341 g/mol. The molecule has 1 aromatic carbocycles. The van der Waals surface area contributed by atoms with Crippen LogP contribution in [0.3, 0.4) is 0 Å². The lowest BCUT2D eigenvalue weighted by molar-refractivity contribution is 0.0950. The number of nitrogens with one attached hydrogen (secondary N) is 1. The number of hydrogen-bond donors (Lipinski definition) is 1. The van der Waals surface area contributed by atoms with Gasteiger partial charge in [-0.15, -0.1) is 11.3 Å². The molecule has 0 bridgehead atoms. The van der Waals surface area contributed by atoms with Crippen molar-refractivity contribution in [3.05, 3.63) is 55.4 Å². The highest BCUT2D eigenvalue weighted by Crippen LogP contribution is 2.30. The predicted octanol–water partition coefficient (Wildman–Crippen LogP) is 4.07. The second kappa shape index (κ2) is 5.66. The molecule has 0 saturated heterocycles. The maximum Gasteiger partial charge on any atom is 0.252 e. The minimum absolute atomic E-state index is 0.259. The van der Waals surface area contributed by atoms with E-state index in [1.165, 1.54) is 29.0 Å². The largest absolute Gasteiger partial charge is 0.347 e. The molecule has 2 aromatic rings. The Labute approximate surface area is 129 Å². The van der Waals surface area contributed by atoms with Crippen LogP contribution < -0.4 is 5.32 Å². The lowest BCUT2D eigenvalue weighted by Crippen LogP contribution is -2.22. The van der Waals surface area contributed by atoms with Crippen LogP contribution in [-0.4, -0.2) is 5.91 Å². The van der Waals surface area contributed by atoms with Crippen LogP contribution in [0.2, 0.25) is 0 Å². The van der Waals surface area contributed by atoms with Crippen LogP contribution in [0.1, 0.15) is 32.1 Å². The maximum absolute atomic E-state index is 13.2. The van der Waals surface area contributed by atoms with Gasteiger partial charge in [-0.05, 0) is 65.0 Å². The summed E-state index contributed by atoms with van der Waals surface area (Å²) in [6, 6.07) is 6.29. The Hall–Kier alpha value is -1.20. The van der Waals surface area contributed by atoms with Crippen molar-refractivity contribution >= 4 is 33.2 Å². The maximum atomic E-state index is 13.2. The predicted molar refractivity (Wildman–Crippen MR) is 81.6 cm³/mol. The molecule has 0 radical (unpaired) electrons. The summed E-state index contributed by atoms with van der Waals surface area (Å²) in [5.41, 5.74) is 1.75. The molecule has 0 unspecified atom stereocenters. The first-order valence-electron chi connectivity index (χ1n) is 6.47. The van der Waals surface area contributed by atoms with E-state index in [2.05, 4.69) is 27.3 Å². The zero-order valence-corrected chi connectivity index (χ0v) is 13.1. The van der Waals surface area contributed by atoms with Gasteiger partial charge < -0.3 is 5.32 Å². The second-order valence-corrected chi connectivity index (χ2v) is 6.90. The Bertz CT molecular complexity index is 646. The van der Waals surface area contributed by atoms with Crippen molar-refractivity contribution in [3.63, 3.8) is 0 Å². The lowest BCUT2D eigenvalue weighted by atomic mass is 10.2. The van der Waals surface area contributed by atoms with E-state index in [-0.39, 0.29) is 5.91 Å². The SMILES string of the molecule is O=C(NCc1cc2c(s1)CCC2)c1cc(F)ccc1Br. The van der Waals surface area contributed by atoms with Gasteiger partial charge in [0.1, 0.15) is 5.82 Å². The third-order valence-corrected chi connectivity index (χ3v) is 5.32. The molecule has 1 heterocycles. The summed E-state index contributed by atoms with van der Waals surface area (Å²) in [4.78, 5) is 14.7. The standard InChI is InChI=1S/C15H13BrFNOS/c16-13-5-4-10(17)7-12(13)15(19)18-8-11-6-9-2-1-3-14(9)20-11/h4-7H,1-3,8H2,(H,18,19). The van der Waals surface area contributed by atoms with Crippen LogP contribution in [0, 0.1) is 5.82 Å². The lowest BCUT2D eigenvalue weighted by Gasteiger charge is -2.06. The first-order valence-corrected chi connectivity index (χ1v) is 8.08. The average molecular weight is 354 g/mol. The Kier molecular flexibility index (Phi) is 3.89. The van der Waals surface area contributed by atoms with E-state index < -0.39 is 5.82 Å². The minimum atomic E-state index is -0.409. The summed E-state index contributed by atoms with van der Waals surface area (Å²) >= 11 is 5.03. The zero-order chi connectivity index (χ0) is 14.1. The second-order valence-electron chi connectivity index (χ2n) is 4.82. The molecule has 0 atom stereocenters. The first kappa shape index (κ1) is 13.8. The molecule has 1 aromatic heterocycles. The topological polar surface area (TPSA) is 29.1 Å². The number of benzene rings is 1. The van der Waals surface area contributed by atoms with Crippen LogP contribution in [0.25, 0.3) is 0 Å². The van der Waals surface area contributed by atoms with Crippen LogP contribution in [-0.2, 0) is 19.4 Å². The number of amides is 1. The van der Waals surface area contributed by atoms with Gasteiger partial charge in [0.15, 0.2) is 0 Å². The number of carbonyl (C=O) groups excluding carboxylic acids is 1. The van der Waals surface area contributed by atoms with Crippen molar-refractivity contribution in [2.24, 2.45) is 0 Å². The van der Waals surface area contributed by atoms with Gasteiger partial charge in [0.05, 0.1) is 12.1 Å². The first-order chi connectivity index (χ1) is 9.63. The van der Waals surface area contributed by atoms with Crippen LogP contribution in [0.4, 0.5) is 4.39 Å². The fourth-order valence-electron chi connectivity index (χ4n) is 2.41. The van der Waals surface area contributed by atoms with Gasteiger partial charge >= 0.3 is 0 Å². The summed E-state index contributed by atoms with van der Waals surface area (Å²) in [6.07, 6.45) is 3.54. The summed E-state index contributed by atoms with van der Waals surface area (Å²) in [5.74, 6) is -0.668. The van der Waals surface area contributed by atoms with Gasteiger partial charge in [0, 0.05) is 14.2 Å². The Morgan fingerprint density at radius 1 is 1.35 bits per heavy atom. The number of aryl methyl sites for hydroxylation is 2. The number of fused-ring (bicyclic) bond motifs is 1. The average Bonchev–Trinajstić information content (AvgIpc) is 2.99. The van der Waals surface area contributed by atoms with E-state index in [4.69, 9.17) is 0 Å². The number of halogens is 2. The molecule has 1 N–H and O–H groups in total. The van der Waals surface area contributed by atoms with Crippen LogP contribution >= 0.6 is 27.3 Å². The van der Waals surface area contributed by atoms with Gasteiger partial charge in [-0.2, -0.15) is 0 Å². The minimum Gasteiger partial charge on any atom is -0.347 e. The number of rotatable bonds is 3. The fourth-order valence-corrected chi connectivity index (χ4v) is 4.04. The molecule has 0 fully saturated rings. The van der Waals surface area contributed by atoms with Crippen LogP contribution in [0.15, 0.2) is 28.7 Å². The third-order valence-electron chi connectivity index (χ3n) is 3.39. The van der Waals surface area contributed by atoms with Gasteiger partial charge in [-0.3, -0.25) is 4.79 Å².